The summed E-state index contributed by atoms with van der Waals surface area (Å²) in [6.07, 6.45) is 2.06. The molecule has 1 aliphatic rings. The van der Waals surface area contributed by atoms with Crippen molar-refractivity contribution >= 4 is 11.3 Å². The minimum atomic E-state index is 0.134. The summed E-state index contributed by atoms with van der Waals surface area (Å²) in [6, 6.07) is 12.8. The van der Waals surface area contributed by atoms with Gasteiger partial charge in [-0.3, -0.25) is 0 Å². The quantitative estimate of drug-likeness (QED) is 0.917. The SMILES string of the molecule is Cc1ccc(C(N)CC2CCOc3ccccc32)s1. The molecule has 0 saturated heterocycles. The summed E-state index contributed by atoms with van der Waals surface area (Å²) in [6.45, 7) is 2.93. The van der Waals surface area contributed by atoms with Crippen LogP contribution >= 0.6 is 11.3 Å². The minimum Gasteiger partial charge on any atom is -0.493 e. The van der Waals surface area contributed by atoms with Crippen molar-refractivity contribution in [3.8, 4) is 5.75 Å². The Hall–Kier alpha value is -1.32. The molecule has 19 heavy (non-hydrogen) atoms. The summed E-state index contributed by atoms with van der Waals surface area (Å²) in [5.41, 5.74) is 7.68. The molecule has 1 aromatic carbocycles. The lowest BCUT2D eigenvalue weighted by molar-refractivity contribution is 0.259. The third kappa shape index (κ3) is 2.67. The van der Waals surface area contributed by atoms with Gasteiger partial charge in [0.15, 0.2) is 0 Å². The molecule has 2 atom stereocenters. The van der Waals surface area contributed by atoms with E-state index in [0.29, 0.717) is 5.92 Å². The van der Waals surface area contributed by atoms with Crippen molar-refractivity contribution in [2.45, 2.75) is 31.7 Å². The van der Waals surface area contributed by atoms with Crippen LogP contribution in [0.4, 0.5) is 0 Å². The summed E-state index contributed by atoms with van der Waals surface area (Å²) in [5.74, 6) is 1.55. The first-order valence-corrected chi connectivity index (χ1v) is 7.59. The van der Waals surface area contributed by atoms with Crippen molar-refractivity contribution in [3.63, 3.8) is 0 Å². The molecule has 2 unspecified atom stereocenters. The van der Waals surface area contributed by atoms with Crippen LogP contribution in [0.5, 0.6) is 5.75 Å². The number of hydrogen-bond donors (Lipinski definition) is 1. The molecule has 0 radical (unpaired) electrons. The topological polar surface area (TPSA) is 35.2 Å². The van der Waals surface area contributed by atoms with E-state index in [1.807, 2.05) is 17.4 Å². The summed E-state index contributed by atoms with van der Waals surface area (Å²) in [5, 5.41) is 0. The Morgan fingerprint density at radius 2 is 2.16 bits per heavy atom. The van der Waals surface area contributed by atoms with Gasteiger partial charge in [-0.1, -0.05) is 18.2 Å². The number of benzene rings is 1. The zero-order valence-corrected chi connectivity index (χ0v) is 12.0. The van der Waals surface area contributed by atoms with E-state index >= 15 is 0 Å². The zero-order chi connectivity index (χ0) is 13.2. The summed E-state index contributed by atoms with van der Waals surface area (Å²) < 4.78 is 5.71. The van der Waals surface area contributed by atoms with Crippen molar-refractivity contribution in [2.24, 2.45) is 5.73 Å². The van der Waals surface area contributed by atoms with E-state index in [9.17, 15) is 0 Å². The highest BCUT2D eigenvalue weighted by Gasteiger charge is 2.24. The molecule has 2 heterocycles. The van der Waals surface area contributed by atoms with E-state index in [2.05, 4.69) is 37.3 Å². The zero-order valence-electron chi connectivity index (χ0n) is 11.1. The first-order chi connectivity index (χ1) is 9.24. The van der Waals surface area contributed by atoms with Gasteiger partial charge >= 0.3 is 0 Å². The highest BCUT2D eigenvalue weighted by atomic mass is 32.1. The first kappa shape index (κ1) is 12.7. The molecule has 100 valence electrons. The number of rotatable bonds is 3. The van der Waals surface area contributed by atoms with Gasteiger partial charge in [-0.2, -0.15) is 0 Å². The predicted octanol–water partition coefficient (Wildman–Crippen LogP) is 4.01. The van der Waals surface area contributed by atoms with E-state index in [-0.39, 0.29) is 6.04 Å². The van der Waals surface area contributed by atoms with Gasteiger partial charge in [-0.15, -0.1) is 11.3 Å². The maximum atomic E-state index is 6.37. The van der Waals surface area contributed by atoms with Gasteiger partial charge < -0.3 is 10.5 Å². The van der Waals surface area contributed by atoms with Gasteiger partial charge in [0.1, 0.15) is 5.75 Å². The fourth-order valence-electron chi connectivity index (χ4n) is 2.74. The third-order valence-corrected chi connectivity index (χ3v) is 4.88. The molecule has 0 amide bonds. The second-order valence-electron chi connectivity index (χ2n) is 5.16. The molecule has 3 rings (SSSR count). The molecule has 2 nitrogen and oxygen atoms in total. The normalized spacial score (nSPS) is 19.6. The molecule has 0 saturated carbocycles. The lowest BCUT2D eigenvalue weighted by Crippen LogP contribution is -2.19. The number of para-hydroxylation sites is 1. The van der Waals surface area contributed by atoms with Crippen LogP contribution < -0.4 is 10.5 Å². The fourth-order valence-corrected chi connectivity index (χ4v) is 3.63. The molecule has 3 heteroatoms. The van der Waals surface area contributed by atoms with Gasteiger partial charge in [0.2, 0.25) is 0 Å². The molecule has 2 N–H and O–H groups in total. The highest BCUT2D eigenvalue weighted by Crippen LogP contribution is 2.39. The minimum absolute atomic E-state index is 0.134. The van der Waals surface area contributed by atoms with E-state index in [1.165, 1.54) is 15.3 Å². The van der Waals surface area contributed by atoms with Crippen molar-refractivity contribution in [1.29, 1.82) is 0 Å². The number of thiophene rings is 1. The fraction of sp³-hybridized carbons (Fsp3) is 0.375. The largest absolute Gasteiger partial charge is 0.493 e. The van der Waals surface area contributed by atoms with Gasteiger partial charge in [-0.05, 0) is 49.4 Å². The Morgan fingerprint density at radius 1 is 1.32 bits per heavy atom. The summed E-state index contributed by atoms with van der Waals surface area (Å²) >= 11 is 1.81. The maximum Gasteiger partial charge on any atom is 0.122 e. The standard InChI is InChI=1S/C16H19NOS/c1-11-6-7-16(19-11)14(17)10-12-8-9-18-15-5-3-2-4-13(12)15/h2-7,12,14H,8-10,17H2,1H3. The number of aryl methyl sites for hydroxylation is 1. The molecule has 0 spiro atoms. The van der Waals surface area contributed by atoms with Crippen LogP contribution in [0.15, 0.2) is 36.4 Å². The molecular formula is C16H19NOS. The Morgan fingerprint density at radius 3 is 2.95 bits per heavy atom. The molecule has 1 aliphatic heterocycles. The molecule has 0 aliphatic carbocycles. The lowest BCUT2D eigenvalue weighted by atomic mass is 9.87. The van der Waals surface area contributed by atoms with Crippen LogP contribution in [0.1, 0.15) is 40.1 Å². The van der Waals surface area contributed by atoms with Crippen LogP contribution in [0.25, 0.3) is 0 Å². The van der Waals surface area contributed by atoms with Crippen molar-refractivity contribution in [1.82, 2.24) is 0 Å². The van der Waals surface area contributed by atoms with E-state index < -0.39 is 0 Å². The van der Waals surface area contributed by atoms with Crippen LogP contribution in [0, 0.1) is 6.92 Å². The second kappa shape index (κ2) is 5.35. The average Bonchev–Trinajstić information content (AvgIpc) is 2.86. The van der Waals surface area contributed by atoms with Crippen molar-refractivity contribution in [2.75, 3.05) is 6.61 Å². The summed E-state index contributed by atoms with van der Waals surface area (Å²) in [7, 11) is 0. The number of ether oxygens (including phenoxy) is 1. The molecule has 0 fully saturated rings. The highest BCUT2D eigenvalue weighted by molar-refractivity contribution is 7.12. The summed E-state index contributed by atoms with van der Waals surface area (Å²) in [4.78, 5) is 2.62. The van der Waals surface area contributed by atoms with Crippen LogP contribution in [-0.2, 0) is 0 Å². The van der Waals surface area contributed by atoms with E-state index in [1.54, 1.807) is 0 Å². The Kier molecular flexibility index (Phi) is 3.58. The van der Waals surface area contributed by atoms with Crippen LogP contribution in [-0.4, -0.2) is 6.61 Å². The molecule has 1 aromatic heterocycles. The van der Waals surface area contributed by atoms with Gasteiger partial charge in [0, 0.05) is 15.8 Å². The number of nitrogens with two attached hydrogens (primary N) is 1. The van der Waals surface area contributed by atoms with Crippen molar-refractivity contribution in [3.05, 3.63) is 51.7 Å². The Labute approximate surface area is 118 Å². The van der Waals surface area contributed by atoms with E-state index in [4.69, 9.17) is 10.5 Å². The molecule has 0 bridgehead atoms. The maximum absolute atomic E-state index is 6.37. The van der Waals surface area contributed by atoms with Gasteiger partial charge in [0.05, 0.1) is 6.61 Å². The van der Waals surface area contributed by atoms with Gasteiger partial charge in [-0.25, -0.2) is 0 Å². The van der Waals surface area contributed by atoms with Crippen LogP contribution in [0.2, 0.25) is 0 Å². The lowest BCUT2D eigenvalue weighted by Gasteiger charge is -2.27. The van der Waals surface area contributed by atoms with Crippen LogP contribution in [0.3, 0.4) is 0 Å². The number of fused-ring (bicyclic) bond motifs is 1. The number of hydrogen-bond acceptors (Lipinski definition) is 3. The second-order valence-corrected chi connectivity index (χ2v) is 6.48. The van der Waals surface area contributed by atoms with E-state index in [0.717, 1.165) is 25.2 Å². The Bertz CT molecular complexity index is 563. The van der Waals surface area contributed by atoms with Gasteiger partial charge in [0.25, 0.3) is 0 Å². The Balaban J connectivity index is 1.77. The predicted molar refractivity (Wildman–Crippen MR) is 79.9 cm³/mol. The first-order valence-electron chi connectivity index (χ1n) is 6.77. The average molecular weight is 273 g/mol. The third-order valence-electron chi connectivity index (χ3n) is 3.75. The smallest absolute Gasteiger partial charge is 0.122 e. The monoisotopic (exact) mass is 273 g/mol. The molecule has 2 aromatic rings. The molecular weight excluding hydrogens is 254 g/mol. The van der Waals surface area contributed by atoms with Crippen molar-refractivity contribution < 1.29 is 4.74 Å².